The van der Waals surface area contributed by atoms with E-state index in [1.165, 1.54) is 6.07 Å². The van der Waals surface area contributed by atoms with E-state index < -0.39 is 0 Å². The summed E-state index contributed by atoms with van der Waals surface area (Å²) in [6.45, 7) is 6.79. The van der Waals surface area contributed by atoms with Gasteiger partial charge in [0.05, 0.1) is 13.2 Å². The number of aromatic nitrogens is 2. The van der Waals surface area contributed by atoms with Crippen molar-refractivity contribution in [3.05, 3.63) is 46.6 Å². The molecule has 170 valence electrons. The molecule has 3 N–H and O–H groups in total. The van der Waals surface area contributed by atoms with Crippen molar-refractivity contribution < 1.29 is 19.0 Å². The second-order valence-electron chi connectivity index (χ2n) is 7.47. The van der Waals surface area contributed by atoms with Crippen LogP contribution in [0.5, 0.6) is 5.88 Å². The molecule has 8 nitrogen and oxygen atoms in total. The summed E-state index contributed by atoms with van der Waals surface area (Å²) in [5.74, 6) is 0.906. The molecular formula is C22H31ClN4O4. The van der Waals surface area contributed by atoms with Crippen LogP contribution in [-0.2, 0) is 27.4 Å². The molecule has 2 aromatic rings. The Labute approximate surface area is 188 Å². The monoisotopic (exact) mass is 450 g/mol. The number of anilines is 1. The van der Waals surface area contributed by atoms with Crippen LogP contribution in [0.15, 0.2) is 30.3 Å². The zero-order valence-electron chi connectivity index (χ0n) is 18.1. The second-order valence-corrected chi connectivity index (χ2v) is 7.86. The van der Waals surface area contributed by atoms with Gasteiger partial charge < -0.3 is 25.3 Å². The van der Waals surface area contributed by atoms with Gasteiger partial charge in [0.1, 0.15) is 18.4 Å². The van der Waals surface area contributed by atoms with Crippen LogP contribution >= 0.6 is 11.6 Å². The average molecular weight is 451 g/mol. The van der Waals surface area contributed by atoms with Gasteiger partial charge in [0, 0.05) is 19.2 Å². The van der Waals surface area contributed by atoms with Crippen LogP contribution in [0.25, 0.3) is 0 Å². The molecule has 1 aromatic heterocycles. The molecule has 2 rings (SSSR count). The Balaban J connectivity index is 1.58. The fourth-order valence-electron chi connectivity index (χ4n) is 2.63. The maximum atomic E-state index is 11.9. The summed E-state index contributed by atoms with van der Waals surface area (Å²) in [5.41, 5.74) is 7.46. The molecule has 0 atom stereocenters. The number of nitrogens with two attached hydrogens (primary N) is 1. The number of hydrogen-bond acceptors (Lipinski definition) is 7. The molecule has 0 bridgehead atoms. The molecule has 0 aliphatic heterocycles. The number of nitrogens with one attached hydrogen (secondary N) is 1. The van der Waals surface area contributed by atoms with Crippen molar-refractivity contribution in [2.24, 2.45) is 5.92 Å². The van der Waals surface area contributed by atoms with Crippen LogP contribution in [-0.4, -0.2) is 42.3 Å². The van der Waals surface area contributed by atoms with Crippen molar-refractivity contribution >= 4 is 23.5 Å². The highest BCUT2D eigenvalue weighted by Crippen LogP contribution is 2.16. The molecule has 1 aromatic carbocycles. The van der Waals surface area contributed by atoms with Gasteiger partial charge in [0.2, 0.25) is 17.7 Å². The van der Waals surface area contributed by atoms with E-state index in [0.29, 0.717) is 38.2 Å². The Morgan fingerprint density at radius 1 is 1.10 bits per heavy atom. The van der Waals surface area contributed by atoms with Crippen molar-refractivity contribution in [2.75, 3.05) is 32.2 Å². The standard InChI is InChI=1S/C22H31ClN4O4/c1-16(2)4-3-9-29-10-11-30-15-20(28)25-13-17-5-7-18(8-6-17)14-31-21-12-19(23)26-22(24)27-21/h5-8,12,16H,3-4,9-11,13-15H2,1-2H3,(H,25,28)(H2,24,26,27). The minimum absolute atomic E-state index is 0.0197. The summed E-state index contributed by atoms with van der Waals surface area (Å²) in [5, 5.41) is 3.06. The number of halogens is 1. The van der Waals surface area contributed by atoms with Crippen LogP contribution in [0.4, 0.5) is 5.95 Å². The SMILES string of the molecule is CC(C)CCCOCCOCC(=O)NCc1ccc(COc2cc(Cl)nc(N)n2)cc1. The number of nitrogens with zero attached hydrogens (tertiary/aromatic N) is 2. The van der Waals surface area contributed by atoms with Crippen LogP contribution in [0, 0.1) is 5.92 Å². The van der Waals surface area contributed by atoms with Gasteiger partial charge in [-0.3, -0.25) is 4.79 Å². The third-order valence-corrected chi connectivity index (χ3v) is 4.46. The van der Waals surface area contributed by atoms with Crippen LogP contribution < -0.4 is 15.8 Å². The van der Waals surface area contributed by atoms with E-state index >= 15 is 0 Å². The molecule has 0 aliphatic rings. The number of rotatable bonds is 14. The van der Waals surface area contributed by atoms with Gasteiger partial charge in [-0.25, -0.2) is 4.98 Å². The Morgan fingerprint density at radius 3 is 2.52 bits per heavy atom. The number of amides is 1. The molecule has 0 radical (unpaired) electrons. The lowest BCUT2D eigenvalue weighted by Crippen LogP contribution is -2.27. The van der Waals surface area contributed by atoms with Crippen LogP contribution in [0.1, 0.15) is 37.8 Å². The zero-order valence-corrected chi connectivity index (χ0v) is 18.9. The maximum Gasteiger partial charge on any atom is 0.246 e. The predicted molar refractivity (Wildman–Crippen MR) is 120 cm³/mol. The van der Waals surface area contributed by atoms with Gasteiger partial charge in [-0.2, -0.15) is 4.98 Å². The van der Waals surface area contributed by atoms with E-state index in [0.717, 1.165) is 30.6 Å². The summed E-state index contributed by atoms with van der Waals surface area (Å²) in [6.07, 6.45) is 2.20. The van der Waals surface area contributed by atoms with Gasteiger partial charge >= 0.3 is 0 Å². The number of hydrogen-bond donors (Lipinski definition) is 2. The molecule has 0 unspecified atom stereocenters. The Morgan fingerprint density at radius 2 is 1.81 bits per heavy atom. The lowest BCUT2D eigenvalue weighted by atomic mass is 10.1. The Hall–Kier alpha value is -2.42. The van der Waals surface area contributed by atoms with E-state index in [1.807, 2.05) is 24.3 Å². The first-order valence-corrected chi connectivity index (χ1v) is 10.7. The first-order valence-electron chi connectivity index (χ1n) is 10.3. The van der Waals surface area contributed by atoms with Gasteiger partial charge in [-0.1, -0.05) is 49.7 Å². The molecule has 1 amide bonds. The van der Waals surface area contributed by atoms with Crippen molar-refractivity contribution in [1.82, 2.24) is 15.3 Å². The first-order chi connectivity index (χ1) is 14.9. The molecule has 0 fully saturated rings. The smallest absolute Gasteiger partial charge is 0.246 e. The minimum Gasteiger partial charge on any atom is -0.473 e. The second kappa shape index (κ2) is 13.8. The number of carbonyl (C=O) groups excluding carboxylic acids is 1. The molecule has 0 saturated heterocycles. The summed E-state index contributed by atoms with van der Waals surface area (Å²) >= 11 is 5.83. The topological polar surface area (TPSA) is 109 Å². The number of carbonyl (C=O) groups is 1. The highest BCUT2D eigenvalue weighted by Gasteiger charge is 2.04. The fraction of sp³-hybridized carbons (Fsp3) is 0.500. The Bertz CT molecular complexity index is 782. The van der Waals surface area contributed by atoms with Gasteiger partial charge in [-0.05, 0) is 29.9 Å². The average Bonchev–Trinajstić information content (AvgIpc) is 2.72. The minimum atomic E-state index is -0.162. The molecule has 0 spiro atoms. The number of nitrogen functional groups attached to an aromatic ring is 1. The summed E-state index contributed by atoms with van der Waals surface area (Å²) in [6, 6.07) is 9.18. The van der Waals surface area contributed by atoms with Crippen molar-refractivity contribution in [3.63, 3.8) is 0 Å². The molecule has 9 heteroatoms. The molecule has 31 heavy (non-hydrogen) atoms. The quantitative estimate of drug-likeness (QED) is 0.335. The van der Waals surface area contributed by atoms with Gasteiger partial charge in [-0.15, -0.1) is 0 Å². The number of benzene rings is 1. The third kappa shape index (κ3) is 11.0. The number of ether oxygens (including phenoxy) is 3. The van der Waals surface area contributed by atoms with Crippen molar-refractivity contribution in [3.8, 4) is 5.88 Å². The maximum absolute atomic E-state index is 11.9. The van der Waals surface area contributed by atoms with E-state index in [9.17, 15) is 4.79 Å². The van der Waals surface area contributed by atoms with Crippen LogP contribution in [0.2, 0.25) is 5.15 Å². The molecule has 0 aliphatic carbocycles. The van der Waals surface area contributed by atoms with E-state index in [-0.39, 0.29) is 23.6 Å². The van der Waals surface area contributed by atoms with E-state index in [4.69, 9.17) is 31.5 Å². The van der Waals surface area contributed by atoms with Crippen LogP contribution in [0.3, 0.4) is 0 Å². The van der Waals surface area contributed by atoms with E-state index in [2.05, 4.69) is 29.1 Å². The van der Waals surface area contributed by atoms with Crippen molar-refractivity contribution in [1.29, 1.82) is 0 Å². The molecule has 1 heterocycles. The molecule has 0 saturated carbocycles. The predicted octanol–water partition coefficient (Wildman–Crippen LogP) is 3.38. The van der Waals surface area contributed by atoms with Gasteiger partial charge in [0.15, 0.2) is 0 Å². The normalized spacial score (nSPS) is 11.0. The lowest BCUT2D eigenvalue weighted by Gasteiger charge is -2.09. The molecular weight excluding hydrogens is 420 g/mol. The highest BCUT2D eigenvalue weighted by molar-refractivity contribution is 6.29. The largest absolute Gasteiger partial charge is 0.473 e. The lowest BCUT2D eigenvalue weighted by molar-refractivity contribution is -0.126. The van der Waals surface area contributed by atoms with Gasteiger partial charge in [0.25, 0.3) is 0 Å². The first kappa shape index (κ1) is 24.8. The summed E-state index contributed by atoms with van der Waals surface area (Å²) in [7, 11) is 0. The van der Waals surface area contributed by atoms with Crippen molar-refractivity contribution in [2.45, 2.75) is 39.8 Å². The third-order valence-electron chi connectivity index (χ3n) is 4.26. The zero-order chi connectivity index (χ0) is 22.5. The summed E-state index contributed by atoms with van der Waals surface area (Å²) in [4.78, 5) is 19.6. The summed E-state index contributed by atoms with van der Waals surface area (Å²) < 4.78 is 16.4. The Kier molecular flexibility index (Phi) is 11.1. The highest BCUT2D eigenvalue weighted by atomic mass is 35.5. The fourth-order valence-corrected chi connectivity index (χ4v) is 2.81. The van der Waals surface area contributed by atoms with E-state index in [1.54, 1.807) is 0 Å².